The highest BCUT2D eigenvalue weighted by Gasteiger charge is 2.40. The van der Waals surface area contributed by atoms with Gasteiger partial charge in [0.1, 0.15) is 0 Å². The van der Waals surface area contributed by atoms with Gasteiger partial charge >= 0.3 is 0 Å². The predicted molar refractivity (Wildman–Crippen MR) is 36.6 cm³/mol. The zero-order valence-electron chi connectivity index (χ0n) is 5.83. The average Bonchev–Trinajstić information content (AvgIpc) is 2.21. The quantitative estimate of drug-likeness (QED) is 0.417. The van der Waals surface area contributed by atoms with E-state index in [2.05, 4.69) is 5.32 Å². The number of nitrogens with one attached hydrogen (secondary N) is 1. The van der Waals surface area contributed by atoms with E-state index < -0.39 is 0 Å². The fourth-order valence-electron chi connectivity index (χ4n) is 2.01. The summed E-state index contributed by atoms with van der Waals surface area (Å²) in [5.74, 6) is 0. The second-order valence-electron chi connectivity index (χ2n) is 3.34. The van der Waals surface area contributed by atoms with E-state index in [-0.39, 0.29) is 18.2 Å². The van der Waals surface area contributed by atoms with E-state index in [4.69, 9.17) is 0 Å². The van der Waals surface area contributed by atoms with Crippen molar-refractivity contribution in [2.45, 2.75) is 43.6 Å². The molecule has 0 spiro atoms. The molecule has 10 heavy (non-hydrogen) atoms. The summed E-state index contributed by atoms with van der Waals surface area (Å²) in [5.41, 5.74) is 0. The van der Waals surface area contributed by atoms with Crippen LogP contribution in [0.1, 0.15) is 19.3 Å². The molecule has 2 aliphatic rings. The molecule has 0 radical (unpaired) electrons. The first kappa shape index (κ1) is 6.58. The van der Waals surface area contributed by atoms with Crippen molar-refractivity contribution in [3.8, 4) is 0 Å². The summed E-state index contributed by atoms with van der Waals surface area (Å²) >= 11 is 0. The van der Waals surface area contributed by atoms with Gasteiger partial charge in [0.2, 0.25) is 0 Å². The molecule has 2 rings (SSSR count). The summed E-state index contributed by atoms with van der Waals surface area (Å²) in [7, 11) is 0. The minimum absolute atomic E-state index is 0.0428. The van der Waals surface area contributed by atoms with Crippen LogP contribution in [0.15, 0.2) is 0 Å². The Labute approximate surface area is 60.1 Å². The Morgan fingerprint density at radius 3 is 2.60 bits per heavy atom. The molecule has 0 unspecified atom stereocenters. The maximum atomic E-state index is 9.35. The third kappa shape index (κ3) is 0.856. The lowest BCUT2D eigenvalue weighted by Crippen LogP contribution is -2.46. The van der Waals surface area contributed by atoms with E-state index in [9.17, 15) is 10.2 Å². The van der Waals surface area contributed by atoms with Gasteiger partial charge in [0.05, 0.1) is 18.2 Å². The second kappa shape index (κ2) is 2.19. The Morgan fingerprint density at radius 1 is 1.10 bits per heavy atom. The van der Waals surface area contributed by atoms with E-state index >= 15 is 0 Å². The van der Waals surface area contributed by atoms with Gasteiger partial charge in [-0.2, -0.15) is 0 Å². The topological polar surface area (TPSA) is 52.5 Å². The number of aliphatic hydroxyl groups is 2. The van der Waals surface area contributed by atoms with Crippen molar-refractivity contribution in [3.63, 3.8) is 0 Å². The van der Waals surface area contributed by atoms with Crippen LogP contribution in [0.25, 0.3) is 0 Å². The van der Waals surface area contributed by atoms with Gasteiger partial charge in [0.25, 0.3) is 0 Å². The second-order valence-corrected chi connectivity index (χ2v) is 3.34. The molecular weight excluding hydrogens is 130 g/mol. The molecule has 2 heterocycles. The first-order valence-electron chi connectivity index (χ1n) is 3.89. The number of aliphatic hydroxyl groups excluding tert-OH is 2. The highest BCUT2D eigenvalue weighted by atomic mass is 16.3. The van der Waals surface area contributed by atoms with Gasteiger partial charge in [0.15, 0.2) is 0 Å². The van der Waals surface area contributed by atoms with Gasteiger partial charge in [-0.25, -0.2) is 0 Å². The molecule has 0 aromatic carbocycles. The van der Waals surface area contributed by atoms with Crippen LogP contribution in [-0.4, -0.2) is 34.5 Å². The molecule has 4 atom stereocenters. The Morgan fingerprint density at radius 2 is 1.90 bits per heavy atom. The normalized spacial score (nSPS) is 53.4. The molecule has 0 saturated carbocycles. The molecule has 3 nitrogen and oxygen atoms in total. The fourth-order valence-corrected chi connectivity index (χ4v) is 2.01. The first-order chi connectivity index (χ1) is 4.77. The van der Waals surface area contributed by atoms with E-state index in [0.717, 1.165) is 19.3 Å². The summed E-state index contributed by atoms with van der Waals surface area (Å²) in [6.07, 6.45) is 2.03. The van der Waals surface area contributed by atoms with Crippen molar-refractivity contribution in [1.29, 1.82) is 0 Å². The lowest BCUT2D eigenvalue weighted by atomic mass is 10.0. The number of rotatable bonds is 0. The lowest BCUT2D eigenvalue weighted by molar-refractivity contribution is 0.0524. The zero-order chi connectivity index (χ0) is 7.14. The standard InChI is InChI=1S/C7H13NO2/c9-5-2-1-4-3-6(10)7(5)8-4/h4-10H,1-3H2/t4-,5+,6+,7+/m1/s1. The molecule has 2 aliphatic heterocycles. The molecule has 2 fully saturated rings. The minimum Gasteiger partial charge on any atom is -0.391 e. The highest BCUT2D eigenvalue weighted by Crippen LogP contribution is 2.26. The molecule has 0 aliphatic carbocycles. The number of fused-ring (bicyclic) bond motifs is 2. The molecule has 2 saturated heterocycles. The van der Waals surface area contributed by atoms with Gasteiger partial charge in [-0.3, -0.25) is 0 Å². The Balaban J connectivity index is 2.10. The lowest BCUT2D eigenvalue weighted by Gasteiger charge is -2.26. The maximum absolute atomic E-state index is 9.35. The van der Waals surface area contributed by atoms with Crippen molar-refractivity contribution in [2.75, 3.05) is 0 Å². The minimum atomic E-state index is -0.325. The monoisotopic (exact) mass is 143 g/mol. The van der Waals surface area contributed by atoms with E-state index in [1.807, 2.05) is 0 Å². The van der Waals surface area contributed by atoms with Crippen LogP contribution in [0.4, 0.5) is 0 Å². The smallest absolute Gasteiger partial charge is 0.0733 e. The Kier molecular flexibility index (Phi) is 1.44. The summed E-state index contributed by atoms with van der Waals surface area (Å²) in [4.78, 5) is 0. The van der Waals surface area contributed by atoms with Crippen LogP contribution >= 0.6 is 0 Å². The largest absolute Gasteiger partial charge is 0.391 e. The van der Waals surface area contributed by atoms with Crippen LogP contribution in [0, 0.1) is 0 Å². The van der Waals surface area contributed by atoms with Crippen molar-refractivity contribution >= 4 is 0 Å². The SMILES string of the molecule is O[C@H]1CC[C@@H]2C[C@H](O)[C@H]1N2. The maximum Gasteiger partial charge on any atom is 0.0733 e. The molecular formula is C7H13NO2. The van der Waals surface area contributed by atoms with Crippen LogP contribution in [0.3, 0.4) is 0 Å². The summed E-state index contributed by atoms with van der Waals surface area (Å²) in [6, 6.07) is 0.419. The van der Waals surface area contributed by atoms with E-state index in [0.29, 0.717) is 6.04 Å². The summed E-state index contributed by atoms with van der Waals surface area (Å²) in [6.45, 7) is 0. The third-order valence-electron chi connectivity index (χ3n) is 2.59. The highest BCUT2D eigenvalue weighted by molar-refractivity contribution is 4.99. The van der Waals surface area contributed by atoms with Crippen LogP contribution in [0.5, 0.6) is 0 Å². The number of piperidine rings is 1. The third-order valence-corrected chi connectivity index (χ3v) is 2.59. The molecule has 58 valence electrons. The molecule has 0 amide bonds. The predicted octanol–water partition coefficient (Wildman–Crippen LogP) is -0.768. The molecule has 2 bridgehead atoms. The fraction of sp³-hybridized carbons (Fsp3) is 1.00. The Hall–Kier alpha value is -0.120. The molecule has 3 N–H and O–H groups in total. The van der Waals surface area contributed by atoms with Gasteiger partial charge in [0, 0.05) is 6.04 Å². The van der Waals surface area contributed by atoms with E-state index in [1.165, 1.54) is 0 Å². The van der Waals surface area contributed by atoms with Gasteiger partial charge in [-0.05, 0) is 19.3 Å². The van der Waals surface area contributed by atoms with Crippen LogP contribution in [0.2, 0.25) is 0 Å². The Bertz CT molecular complexity index is 136. The molecule has 3 heteroatoms. The van der Waals surface area contributed by atoms with Crippen molar-refractivity contribution in [2.24, 2.45) is 0 Å². The molecule has 0 aromatic rings. The average molecular weight is 143 g/mol. The zero-order valence-corrected chi connectivity index (χ0v) is 5.83. The van der Waals surface area contributed by atoms with Crippen molar-refractivity contribution in [3.05, 3.63) is 0 Å². The molecule has 0 aromatic heterocycles. The first-order valence-corrected chi connectivity index (χ1v) is 3.89. The van der Waals surface area contributed by atoms with Gasteiger partial charge in [-0.15, -0.1) is 0 Å². The number of hydrogen-bond acceptors (Lipinski definition) is 3. The summed E-state index contributed by atoms with van der Waals surface area (Å²) < 4.78 is 0. The van der Waals surface area contributed by atoms with Crippen LogP contribution in [-0.2, 0) is 0 Å². The van der Waals surface area contributed by atoms with Crippen molar-refractivity contribution < 1.29 is 10.2 Å². The number of hydrogen-bond donors (Lipinski definition) is 3. The van der Waals surface area contributed by atoms with Gasteiger partial charge < -0.3 is 15.5 Å². The van der Waals surface area contributed by atoms with Gasteiger partial charge in [-0.1, -0.05) is 0 Å². The summed E-state index contributed by atoms with van der Waals surface area (Å²) in [5, 5.41) is 21.9. The van der Waals surface area contributed by atoms with Crippen LogP contribution < -0.4 is 5.32 Å². The van der Waals surface area contributed by atoms with E-state index in [1.54, 1.807) is 0 Å². The van der Waals surface area contributed by atoms with Crippen molar-refractivity contribution in [1.82, 2.24) is 5.32 Å².